The molecule has 1 aromatic heterocycles. The van der Waals surface area contributed by atoms with Gasteiger partial charge in [0.25, 0.3) is 0 Å². The van der Waals surface area contributed by atoms with Crippen LogP contribution < -0.4 is 5.32 Å². The molecular formula is C18H35N3. The molecule has 21 heavy (non-hydrogen) atoms. The predicted molar refractivity (Wildman–Crippen MR) is 91.7 cm³/mol. The molecule has 0 aliphatic heterocycles. The number of likely N-dealkylation sites (N-methyl/N-ethyl adjacent to an activating group) is 1. The summed E-state index contributed by atoms with van der Waals surface area (Å²) in [5.41, 5.74) is 1.23. The van der Waals surface area contributed by atoms with Gasteiger partial charge in [0.05, 0.1) is 11.7 Å². The van der Waals surface area contributed by atoms with Crippen molar-refractivity contribution in [3.8, 4) is 0 Å². The Morgan fingerprint density at radius 3 is 2.19 bits per heavy atom. The Balaban J connectivity index is 2.71. The fraction of sp³-hybridized carbons (Fsp3) is 0.833. The molecule has 0 aromatic carbocycles. The van der Waals surface area contributed by atoms with Crippen LogP contribution in [0.5, 0.6) is 0 Å². The van der Waals surface area contributed by atoms with Crippen LogP contribution in [0.1, 0.15) is 78.0 Å². The van der Waals surface area contributed by atoms with E-state index in [0.717, 1.165) is 25.2 Å². The van der Waals surface area contributed by atoms with Gasteiger partial charge in [-0.2, -0.15) is 5.10 Å². The van der Waals surface area contributed by atoms with Crippen LogP contribution in [0, 0.1) is 5.92 Å². The van der Waals surface area contributed by atoms with Gasteiger partial charge in [-0.05, 0) is 44.7 Å². The third-order valence-electron chi connectivity index (χ3n) is 4.67. The van der Waals surface area contributed by atoms with Crippen molar-refractivity contribution in [2.24, 2.45) is 5.92 Å². The number of hydrogen-bond acceptors (Lipinski definition) is 2. The molecule has 1 N–H and O–H groups in total. The summed E-state index contributed by atoms with van der Waals surface area (Å²) < 4.78 is 2.16. The van der Waals surface area contributed by atoms with Crippen molar-refractivity contribution in [2.45, 2.75) is 84.7 Å². The normalized spacial score (nSPS) is 13.3. The first-order valence-electron chi connectivity index (χ1n) is 8.91. The maximum atomic E-state index is 4.82. The van der Waals surface area contributed by atoms with Crippen molar-refractivity contribution < 1.29 is 0 Å². The van der Waals surface area contributed by atoms with Gasteiger partial charge in [0.1, 0.15) is 0 Å². The van der Waals surface area contributed by atoms with E-state index in [9.17, 15) is 0 Å². The topological polar surface area (TPSA) is 29.9 Å². The molecular weight excluding hydrogens is 258 g/mol. The van der Waals surface area contributed by atoms with Crippen molar-refractivity contribution in [2.75, 3.05) is 7.05 Å². The highest BCUT2D eigenvalue weighted by atomic mass is 15.3. The second-order valence-corrected chi connectivity index (χ2v) is 6.19. The lowest BCUT2D eigenvalue weighted by atomic mass is 9.88. The van der Waals surface area contributed by atoms with Gasteiger partial charge in [0, 0.05) is 18.7 Å². The summed E-state index contributed by atoms with van der Waals surface area (Å²) in [5, 5.41) is 8.36. The molecule has 0 spiro atoms. The lowest BCUT2D eigenvalue weighted by molar-refractivity contribution is 0.319. The third-order valence-corrected chi connectivity index (χ3v) is 4.67. The van der Waals surface area contributed by atoms with Gasteiger partial charge in [-0.15, -0.1) is 0 Å². The molecule has 0 saturated carbocycles. The highest BCUT2D eigenvalue weighted by molar-refractivity contribution is 5.03. The summed E-state index contributed by atoms with van der Waals surface area (Å²) in [6.07, 6.45) is 10.7. The summed E-state index contributed by atoms with van der Waals surface area (Å²) in [7, 11) is 2.10. The van der Waals surface area contributed by atoms with E-state index >= 15 is 0 Å². The maximum Gasteiger partial charge on any atom is 0.0640 e. The van der Waals surface area contributed by atoms with Crippen LogP contribution in [0.3, 0.4) is 0 Å². The highest BCUT2D eigenvalue weighted by Crippen LogP contribution is 2.21. The molecule has 0 radical (unpaired) electrons. The zero-order chi connectivity index (χ0) is 15.7. The number of aromatic nitrogens is 2. The van der Waals surface area contributed by atoms with E-state index in [1.807, 2.05) is 0 Å². The summed E-state index contributed by atoms with van der Waals surface area (Å²) in [5.74, 6) is 0.767. The molecule has 122 valence electrons. The van der Waals surface area contributed by atoms with Gasteiger partial charge in [0.2, 0.25) is 0 Å². The molecule has 0 fully saturated rings. The Hall–Kier alpha value is -0.830. The van der Waals surface area contributed by atoms with E-state index < -0.39 is 0 Å². The fourth-order valence-corrected chi connectivity index (χ4v) is 3.37. The van der Waals surface area contributed by atoms with Crippen molar-refractivity contribution >= 4 is 0 Å². The molecule has 0 amide bonds. The molecule has 1 heterocycles. The number of nitrogens with one attached hydrogen (secondary N) is 1. The first-order valence-corrected chi connectivity index (χ1v) is 8.91. The van der Waals surface area contributed by atoms with Crippen LogP contribution in [0.2, 0.25) is 0 Å². The van der Waals surface area contributed by atoms with Crippen molar-refractivity contribution in [1.82, 2.24) is 15.1 Å². The average molecular weight is 293 g/mol. The van der Waals surface area contributed by atoms with E-state index in [0.29, 0.717) is 12.1 Å². The Labute approximate surface area is 131 Å². The van der Waals surface area contributed by atoms with Crippen LogP contribution in [0.15, 0.2) is 12.3 Å². The van der Waals surface area contributed by atoms with Crippen LogP contribution in [0.25, 0.3) is 0 Å². The molecule has 0 aliphatic carbocycles. The summed E-state index contributed by atoms with van der Waals surface area (Å²) >= 11 is 0. The maximum absolute atomic E-state index is 4.82. The van der Waals surface area contributed by atoms with E-state index in [-0.39, 0.29) is 0 Å². The van der Waals surface area contributed by atoms with Crippen molar-refractivity contribution in [3.05, 3.63) is 18.0 Å². The highest BCUT2D eigenvalue weighted by Gasteiger charge is 2.20. The summed E-state index contributed by atoms with van der Waals surface area (Å²) in [6, 6.07) is 3.31. The van der Waals surface area contributed by atoms with Crippen LogP contribution in [0.4, 0.5) is 0 Å². The minimum absolute atomic E-state index is 0.550. The molecule has 1 aromatic rings. The van der Waals surface area contributed by atoms with Gasteiger partial charge >= 0.3 is 0 Å². The standard InChI is InChI=1S/C18H35N3/c1-6-10-15(11-7-2)18(19-5)14-16-12-13-21(20-16)17(8-3)9-4/h12-13,15,17-19H,6-11,14H2,1-5H3. The molecule has 1 atom stereocenters. The number of nitrogens with zero attached hydrogens (tertiary/aromatic N) is 2. The van der Waals surface area contributed by atoms with E-state index in [1.54, 1.807) is 0 Å². The van der Waals surface area contributed by atoms with Crippen LogP contribution in [-0.4, -0.2) is 22.9 Å². The van der Waals surface area contributed by atoms with Crippen LogP contribution in [-0.2, 0) is 6.42 Å². The first kappa shape index (κ1) is 18.2. The SMILES string of the molecule is CCCC(CCC)C(Cc1ccn(C(CC)CC)n1)NC. The van der Waals surface area contributed by atoms with Gasteiger partial charge in [0.15, 0.2) is 0 Å². The quantitative estimate of drug-likeness (QED) is 0.646. The van der Waals surface area contributed by atoms with Gasteiger partial charge < -0.3 is 5.32 Å². The van der Waals surface area contributed by atoms with Crippen LogP contribution >= 0.6 is 0 Å². The van der Waals surface area contributed by atoms with Gasteiger partial charge in [-0.25, -0.2) is 0 Å². The molecule has 3 nitrogen and oxygen atoms in total. The second kappa shape index (κ2) is 9.99. The zero-order valence-electron chi connectivity index (χ0n) is 14.7. The molecule has 1 unspecified atom stereocenters. The Kier molecular flexibility index (Phi) is 8.67. The Bertz CT molecular complexity index is 362. The number of hydrogen-bond donors (Lipinski definition) is 1. The monoisotopic (exact) mass is 293 g/mol. The molecule has 3 heteroatoms. The molecule has 0 bridgehead atoms. The number of rotatable bonds is 11. The molecule has 0 saturated heterocycles. The fourth-order valence-electron chi connectivity index (χ4n) is 3.37. The lowest BCUT2D eigenvalue weighted by Crippen LogP contribution is -2.35. The third kappa shape index (κ3) is 5.46. The van der Waals surface area contributed by atoms with E-state index in [2.05, 4.69) is 57.0 Å². The van der Waals surface area contributed by atoms with Crippen molar-refractivity contribution in [1.29, 1.82) is 0 Å². The van der Waals surface area contributed by atoms with Gasteiger partial charge in [-0.1, -0.05) is 40.5 Å². The molecule has 0 aliphatic rings. The van der Waals surface area contributed by atoms with E-state index in [4.69, 9.17) is 5.10 Å². The Morgan fingerprint density at radius 1 is 1.10 bits per heavy atom. The van der Waals surface area contributed by atoms with Crippen molar-refractivity contribution in [3.63, 3.8) is 0 Å². The van der Waals surface area contributed by atoms with E-state index in [1.165, 1.54) is 31.4 Å². The lowest BCUT2D eigenvalue weighted by Gasteiger charge is -2.26. The second-order valence-electron chi connectivity index (χ2n) is 6.19. The predicted octanol–water partition coefficient (Wildman–Crippen LogP) is 4.59. The summed E-state index contributed by atoms with van der Waals surface area (Å²) in [4.78, 5) is 0. The van der Waals surface area contributed by atoms with Gasteiger partial charge in [-0.3, -0.25) is 4.68 Å². The summed E-state index contributed by atoms with van der Waals surface area (Å²) in [6.45, 7) is 9.06. The first-order chi connectivity index (χ1) is 10.2. The largest absolute Gasteiger partial charge is 0.316 e. The minimum Gasteiger partial charge on any atom is -0.316 e. The smallest absolute Gasteiger partial charge is 0.0640 e. The minimum atomic E-state index is 0.550. The average Bonchev–Trinajstić information content (AvgIpc) is 2.94. The molecule has 1 rings (SSSR count). The zero-order valence-corrected chi connectivity index (χ0v) is 14.7. The Morgan fingerprint density at radius 2 is 1.71 bits per heavy atom.